The lowest BCUT2D eigenvalue weighted by Gasteiger charge is -2.42. The van der Waals surface area contributed by atoms with E-state index in [1.165, 1.54) is 54.8 Å². The van der Waals surface area contributed by atoms with Crippen LogP contribution in [0.25, 0.3) is 0 Å². The Balaban J connectivity index is 1.37. The number of fused-ring (bicyclic) bond motifs is 1. The van der Waals surface area contributed by atoms with Crippen LogP contribution in [0, 0.1) is 17.1 Å². The van der Waals surface area contributed by atoms with E-state index in [4.69, 9.17) is 14.3 Å². The van der Waals surface area contributed by atoms with Gasteiger partial charge in [0.15, 0.2) is 5.54 Å². The molecule has 1 atom stereocenters. The molecule has 2 saturated heterocycles. The maximum Gasteiger partial charge on any atom is 0.427 e. The Morgan fingerprint density at radius 1 is 1.06 bits per heavy atom. The second-order valence-corrected chi connectivity index (χ2v) is 14.2. The Labute approximate surface area is 296 Å². The number of carbonyl (C=O) groups excluding carboxylic acids is 2. The summed E-state index contributed by atoms with van der Waals surface area (Å²) in [7, 11) is -3.33. The Morgan fingerprint density at radius 3 is 2.39 bits per heavy atom. The normalized spacial score (nSPS) is 20.5. The molecule has 1 N–H and O–H groups in total. The lowest BCUT2D eigenvalue weighted by Crippen LogP contribution is -2.56. The highest BCUT2D eigenvalue weighted by Crippen LogP contribution is 2.49. The fraction of sp³-hybridized carbons (Fsp3) is 0.429. The van der Waals surface area contributed by atoms with Crippen LogP contribution in [0.4, 0.5) is 14.9 Å². The number of nitrogens with one attached hydrogen (secondary N) is 1. The molecule has 51 heavy (non-hydrogen) atoms. The number of hydrogen-bond donors (Lipinski definition) is 1. The van der Waals surface area contributed by atoms with Crippen LogP contribution in [-0.4, -0.2) is 106 Å². The van der Waals surface area contributed by atoms with Gasteiger partial charge in [0.25, 0.3) is 15.9 Å². The van der Waals surface area contributed by atoms with Crippen LogP contribution in [0.2, 0.25) is 0 Å². The zero-order valence-electron chi connectivity index (χ0n) is 28.7. The van der Waals surface area contributed by atoms with Crippen LogP contribution < -0.4 is 19.1 Å². The summed E-state index contributed by atoms with van der Waals surface area (Å²) in [4.78, 5) is 43.5. The molecule has 0 bridgehead atoms. The van der Waals surface area contributed by atoms with Crippen molar-refractivity contribution in [1.29, 1.82) is 5.26 Å². The predicted molar refractivity (Wildman–Crippen MR) is 183 cm³/mol. The summed E-state index contributed by atoms with van der Waals surface area (Å²) < 4.78 is 55.2. The molecule has 1 unspecified atom stereocenters. The topological polar surface area (TPSA) is 158 Å². The molecule has 16 heteroatoms. The third-order valence-electron chi connectivity index (χ3n) is 9.68. The highest BCUT2D eigenvalue weighted by Gasteiger charge is 2.59. The summed E-state index contributed by atoms with van der Waals surface area (Å²) in [5.41, 5.74) is -3.47. The quantitative estimate of drug-likeness (QED) is 0.327. The van der Waals surface area contributed by atoms with Gasteiger partial charge in [0.2, 0.25) is 5.88 Å². The molecule has 3 aliphatic rings. The molecule has 2 aromatic carbocycles. The molecule has 2 amide bonds. The van der Waals surface area contributed by atoms with Gasteiger partial charge in [-0.1, -0.05) is 6.92 Å². The maximum absolute atomic E-state index is 15.3. The molecule has 3 aromatic rings. The van der Waals surface area contributed by atoms with Crippen molar-refractivity contribution in [2.75, 3.05) is 63.8 Å². The van der Waals surface area contributed by atoms with E-state index in [0.717, 1.165) is 57.7 Å². The van der Waals surface area contributed by atoms with Crippen LogP contribution in [0.5, 0.6) is 11.6 Å². The Kier molecular flexibility index (Phi) is 10.4. The zero-order valence-corrected chi connectivity index (χ0v) is 29.5. The molecule has 270 valence electrons. The number of nitriles is 1. The number of hydroxylamine groups is 2. The number of methoxy groups -OCH3 is 1. The molecular formula is C35H40FN7O7S. The van der Waals surface area contributed by atoms with E-state index in [1.54, 1.807) is 13.0 Å². The molecule has 0 radical (unpaired) electrons. The summed E-state index contributed by atoms with van der Waals surface area (Å²) in [5, 5.41) is 14.0. The van der Waals surface area contributed by atoms with Gasteiger partial charge in [-0.25, -0.2) is 22.6 Å². The van der Waals surface area contributed by atoms with Gasteiger partial charge < -0.3 is 19.2 Å². The smallest absolute Gasteiger partial charge is 0.427 e. The minimum absolute atomic E-state index is 0.0390. The number of anilines is 1. The molecule has 4 heterocycles. The monoisotopic (exact) mass is 721 g/mol. The number of rotatable bonds is 10. The van der Waals surface area contributed by atoms with Gasteiger partial charge in [-0.2, -0.15) is 9.57 Å². The third kappa shape index (κ3) is 6.69. The number of hydrogen-bond acceptors (Lipinski definition) is 12. The summed E-state index contributed by atoms with van der Waals surface area (Å²) in [6.45, 7) is 9.79. The SMILES string of the molecule is CCOc1ncccc1C1(NC(=O)ON2CCC(N3CCN(CC)CC3)CC2)C(=O)N(S(=O)(=O)c2ccc(OC)cc2)c2cc(F)c(C#N)cc21. The van der Waals surface area contributed by atoms with E-state index in [-0.39, 0.29) is 28.5 Å². The van der Waals surface area contributed by atoms with Crippen molar-refractivity contribution >= 4 is 27.7 Å². The second kappa shape index (κ2) is 14.8. The summed E-state index contributed by atoms with van der Waals surface area (Å²) in [6, 6.07) is 12.2. The first kappa shape index (κ1) is 36.0. The van der Waals surface area contributed by atoms with Gasteiger partial charge in [-0.3, -0.25) is 15.0 Å². The average Bonchev–Trinajstić information content (AvgIpc) is 3.38. The van der Waals surface area contributed by atoms with E-state index in [2.05, 4.69) is 27.0 Å². The van der Waals surface area contributed by atoms with Crippen LogP contribution >= 0.6 is 0 Å². The van der Waals surface area contributed by atoms with E-state index < -0.39 is 44.6 Å². The minimum Gasteiger partial charge on any atom is -0.497 e. The number of nitrogens with zero attached hydrogens (tertiary/aromatic N) is 6. The van der Waals surface area contributed by atoms with Gasteiger partial charge in [0.05, 0.1) is 35.4 Å². The number of halogens is 1. The van der Waals surface area contributed by atoms with Crippen molar-refractivity contribution in [3.63, 3.8) is 0 Å². The van der Waals surface area contributed by atoms with Crippen molar-refractivity contribution in [2.24, 2.45) is 0 Å². The molecule has 1 aromatic heterocycles. The summed E-state index contributed by atoms with van der Waals surface area (Å²) in [5.74, 6) is -1.97. The Hall–Kier alpha value is -4.82. The number of likely N-dealkylation sites (N-methyl/N-ethyl adjacent to an activating group) is 1. The van der Waals surface area contributed by atoms with E-state index in [1.807, 2.05) is 0 Å². The molecule has 3 aliphatic heterocycles. The predicted octanol–water partition coefficient (Wildman–Crippen LogP) is 3.22. The molecule has 0 aliphatic carbocycles. The van der Waals surface area contributed by atoms with E-state index in [9.17, 15) is 23.3 Å². The molecule has 0 spiro atoms. The lowest BCUT2D eigenvalue weighted by atomic mass is 9.83. The lowest BCUT2D eigenvalue weighted by molar-refractivity contribution is -0.130. The first-order valence-corrected chi connectivity index (χ1v) is 18.3. The fourth-order valence-corrected chi connectivity index (χ4v) is 8.45. The van der Waals surface area contributed by atoms with Gasteiger partial charge in [-0.05, 0) is 68.8 Å². The zero-order chi connectivity index (χ0) is 36.3. The second-order valence-electron chi connectivity index (χ2n) is 12.4. The molecule has 0 saturated carbocycles. The first-order chi connectivity index (χ1) is 24.6. The van der Waals surface area contributed by atoms with E-state index >= 15 is 4.39 Å². The van der Waals surface area contributed by atoms with Gasteiger partial charge in [0, 0.05) is 63.1 Å². The Bertz CT molecular complexity index is 1930. The fourth-order valence-electron chi connectivity index (χ4n) is 7.00. The van der Waals surface area contributed by atoms with Crippen molar-refractivity contribution in [1.82, 2.24) is 25.2 Å². The number of piperidine rings is 1. The standard InChI is InChI=1S/C35H40FN7O7S/c1-4-40-17-19-41(20-18-40)25-12-15-42(16-13-25)50-34(45)39-35(28-7-6-14-38-32(28)49-5-2)29-21-24(23-37)30(36)22-31(29)43(33(35)44)51(46,47)27-10-8-26(48-3)9-11-27/h6-11,14,21-22,25H,4-5,12-13,15-20H2,1-3H3,(H,39,45). The van der Waals surface area contributed by atoms with Crippen molar-refractivity contribution in [3.05, 3.63) is 77.2 Å². The number of amides is 2. The number of aromatic nitrogens is 1. The number of ether oxygens (including phenoxy) is 2. The molecular weight excluding hydrogens is 681 g/mol. The largest absolute Gasteiger partial charge is 0.497 e. The number of sulfonamides is 1. The number of piperazine rings is 1. The number of benzene rings is 2. The van der Waals surface area contributed by atoms with Crippen molar-refractivity contribution in [2.45, 2.75) is 43.2 Å². The van der Waals surface area contributed by atoms with Gasteiger partial charge >= 0.3 is 6.09 Å². The molecule has 2 fully saturated rings. The summed E-state index contributed by atoms with van der Waals surface area (Å²) >= 11 is 0. The van der Waals surface area contributed by atoms with Crippen molar-refractivity contribution in [3.8, 4) is 17.7 Å². The van der Waals surface area contributed by atoms with E-state index in [0.29, 0.717) is 29.2 Å². The minimum atomic E-state index is -4.74. The first-order valence-electron chi connectivity index (χ1n) is 16.8. The van der Waals surface area contributed by atoms with Crippen LogP contribution in [0.3, 0.4) is 0 Å². The molecule has 14 nitrogen and oxygen atoms in total. The average molecular weight is 722 g/mol. The highest BCUT2D eigenvalue weighted by molar-refractivity contribution is 7.93. The number of carbonyl (C=O) groups is 2. The number of pyridine rings is 1. The summed E-state index contributed by atoms with van der Waals surface area (Å²) in [6.07, 6.45) is 1.84. The van der Waals surface area contributed by atoms with Crippen LogP contribution in [-0.2, 0) is 25.2 Å². The van der Waals surface area contributed by atoms with Crippen LogP contribution in [0.1, 0.15) is 43.4 Å². The molecule has 6 rings (SSSR count). The van der Waals surface area contributed by atoms with Gasteiger partial charge in [0.1, 0.15) is 17.6 Å². The van der Waals surface area contributed by atoms with Gasteiger partial charge in [-0.15, -0.1) is 5.06 Å². The Morgan fingerprint density at radius 2 is 1.76 bits per heavy atom. The van der Waals surface area contributed by atoms with Crippen molar-refractivity contribution < 1.29 is 36.7 Å². The highest BCUT2D eigenvalue weighted by atomic mass is 32.2. The third-order valence-corrected chi connectivity index (χ3v) is 11.4. The van der Waals surface area contributed by atoms with Crippen LogP contribution in [0.15, 0.2) is 59.6 Å². The maximum atomic E-state index is 15.3.